The second-order valence-electron chi connectivity index (χ2n) is 9.68. The summed E-state index contributed by atoms with van der Waals surface area (Å²) >= 11 is 0. The van der Waals surface area contributed by atoms with Crippen LogP contribution in [0, 0.1) is 12.1 Å². The number of fused-ring (bicyclic) bond motifs is 6. The van der Waals surface area contributed by atoms with Gasteiger partial charge in [-0.15, -0.1) is 33.7 Å². The van der Waals surface area contributed by atoms with Crippen molar-refractivity contribution in [1.82, 2.24) is 0 Å². The number of rotatable bonds is 1. The van der Waals surface area contributed by atoms with E-state index < -0.39 is 0 Å². The minimum Gasteiger partial charge on any atom is -0.218 e. The summed E-state index contributed by atoms with van der Waals surface area (Å²) in [5.74, 6) is 0. The van der Waals surface area contributed by atoms with Gasteiger partial charge in [-0.1, -0.05) is 72.8 Å². The predicted octanol–water partition coefficient (Wildman–Crippen LogP) is 9.87. The van der Waals surface area contributed by atoms with Crippen molar-refractivity contribution in [3.8, 4) is 11.1 Å². The normalized spacial score (nSPS) is 11.6. The fourth-order valence-electron chi connectivity index (χ4n) is 5.73. The van der Waals surface area contributed by atoms with Crippen molar-refractivity contribution < 1.29 is 32.7 Å². The number of hydrogen-bond donors (Lipinski definition) is 0. The van der Waals surface area contributed by atoms with Gasteiger partial charge in [-0.2, -0.15) is 24.3 Å². The SMILES string of the molecule is [Y].[c-]1ccc2cc3cc4ccccc4cc3cc2c1-c1[c-]ccc2cc3cc4ccccc4cc3cc12. The van der Waals surface area contributed by atoms with Crippen molar-refractivity contribution in [2.24, 2.45) is 0 Å². The zero-order chi connectivity index (χ0) is 23.6. The molecule has 0 fully saturated rings. The third-order valence-corrected chi connectivity index (χ3v) is 7.52. The van der Waals surface area contributed by atoms with Crippen LogP contribution in [0.15, 0.2) is 121 Å². The standard InChI is InChI=1S/C36H20.Y/c1-3-9-25-17-31-21-35-27(19-29(31)15-23(25)7-1)11-5-13-33(35)34-14-6-12-28-20-30-16-24-8-2-4-10-26(24)18-32(30)22-36(28)34;/h1-12,15-22H;/q-2;. The Morgan fingerprint density at radius 1 is 0.324 bits per heavy atom. The first-order chi connectivity index (χ1) is 17.8. The molecule has 37 heavy (non-hydrogen) atoms. The van der Waals surface area contributed by atoms with E-state index in [0.29, 0.717) is 0 Å². The molecule has 0 spiro atoms. The average Bonchev–Trinajstić information content (AvgIpc) is 2.92. The van der Waals surface area contributed by atoms with Gasteiger partial charge in [-0.05, 0) is 67.4 Å². The number of hydrogen-bond acceptors (Lipinski definition) is 0. The summed E-state index contributed by atoms with van der Waals surface area (Å²) in [7, 11) is 0. The molecule has 0 nitrogen and oxygen atoms in total. The molecule has 0 N–H and O–H groups in total. The molecule has 0 aromatic heterocycles. The van der Waals surface area contributed by atoms with E-state index in [4.69, 9.17) is 0 Å². The molecule has 8 rings (SSSR count). The fraction of sp³-hybridized carbons (Fsp3) is 0. The Hall–Kier alpha value is -3.58. The minimum atomic E-state index is 0. The molecular weight excluding hydrogens is 521 g/mol. The maximum absolute atomic E-state index is 3.57. The zero-order valence-corrected chi connectivity index (χ0v) is 23.0. The van der Waals surface area contributed by atoms with E-state index in [9.17, 15) is 0 Å². The van der Waals surface area contributed by atoms with Gasteiger partial charge in [0.1, 0.15) is 0 Å². The molecule has 0 bridgehead atoms. The van der Waals surface area contributed by atoms with Gasteiger partial charge in [0, 0.05) is 32.7 Å². The van der Waals surface area contributed by atoms with Crippen molar-refractivity contribution in [2.45, 2.75) is 0 Å². The van der Waals surface area contributed by atoms with E-state index in [0.717, 1.165) is 11.1 Å². The molecule has 8 aromatic carbocycles. The van der Waals surface area contributed by atoms with Gasteiger partial charge >= 0.3 is 0 Å². The summed E-state index contributed by atoms with van der Waals surface area (Å²) in [6.07, 6.45) is 0. The first-order valence-electron chi connectivity index (χ1n) is 12.3. The van der Waals surface area contributed by atoms with Crippen LogP contribution >= 0.6 is 0 Å². The van der Waals surface area contributed by atoms with Crippen LogP contribution in [0.2, 0.25) is 0 Å². The molecule has 0 heterocycles. The van der Waals surface area contributed by atoms with E-state index in [1.807, 2.05) is 12.1 Å². The van der Waals surface area contributed by atoms with Crippen LogP contribution in [0.5, 0.6) is 0 Å². The summed E-state index contributed by atoms with van der Waals surface area (Å²) < 4.78 is 0. The van der Waals surface area contributed by atoms with E-state index >= 15 is 0 Å². The predicted molar refractivity (Wildman–Crippen MR) is 155 cm³/mol. The Kier molecular flexibility index (Phi) is 5.36. The van der Waals surface area contributed by atoms with Crippen molar-refractivity contribution in [3.63, 3.8) is 0 Å². The smallest absolute Gasteiger partial charge is 0 e. The zero-order valence-electron chi connectivity index (χ0n) is 20.1. The molecule has 0 aliphatic rings. The Bertz CT molecular complexity index is 2000. The summed E-state index contributed by atoms with van der Waals surface area (Å²) in [6, 6.07) is 51.2. The molecule has 0 amide bonds. The minimum absolute atomic E-state index is 0. The van der Waals surface area contributed by atoms with E-state index in [1.54, 1.807) is 0 Å². The summed E-state index contributed by atoms with van der Waals surface area (Å²) in [4.78, 5) is 0. The van der Waals surface area contributed by atoms with Gasteiger partial charge in [0.15, 0.2) is 0 Å². The van der Waals surface area contributed by atoms with Crippen LogP contribution in [0.4, 0.5) is 0 Å². The Labute approximate surface area is 240 Å². The van der Waals surface area contributed by atoms with E-state index in [2.05, 4.69) is 121 Å². The van der Waals surface area contributed by atoms with Crippen LogP contribution in [0.1, 0.15) is 0 Å². The third kappa shape index (κ3) is 3.67. The van der Waals surface area contributed by atoms with E-state index in [-0.39, 0.29) is 32.7 Å². The Morgan fingerprint density at radius 3 is 1.03 bits per heavy atom. The maximum atomic E-state index is 3.57. The largest absolute Gasteiger partial charge is 0.218 e. The second kappa shape index (κ2) is 8.77. The fourth-order valence-corrected chi connectivity index (χ4v) is 5.73. The third-order valence-electron chi connectivity index (χ3n) is 7.52. The molecular formula is C36H20Y-2. The van der Waals surface area contributed by atoms with Gasteiger partial charge in [-0.3, -0.25) is 0 Å². The number of benzene rings is 8. The second-order valence-corrected chi connectivity index (χ2v) is 9.68. The average molecular weight is 541 g/mol. The van der Waals surface area contributed by atoms with Crippen LogP contribution < -0.4 is 0 Å². The summed E-state index contributed by atoms with van der Waals surface area (Å²) in [5, 5.41) is 15.0. The van der Waals surface area contributed by atoms with Gasteiger partial charge in [-0.25, -0.2) is 11.1 Å². The summed E-state index contributed by atoms with van der Waals surface area (Å²) in [5.41, 5.74) is 2.21. The molecule has 169 valence electrons. The summed E-state index contributed by atoms with van der Waals surface area (Å²) in [6.45, 7) is 0. The van der Waals surface area contributed by atoms with E-state index in [1.165, 1.54) is 64.6 Å². The molecule has 1 radical (unpaired) electrons. The van der Waals surface area contributed by atoms with Crippen LogP contribution in [-0.4, -0.2) is 0 Å². The van der Waals surface area contributed by atoms with Gasteiger partial charge < -0.3 is 0 Å². The molecule has 0 saturated carbocycles. The van der Waals surface area contributed by atoms with Gasteiger partial charge in [0.25, 0.3) is 0 Å². The van der Waals surface area contributed by atoms with Crippen LogP contribution in [0.25, 0.3) is 75.8 Å². The Balaban J connectivity index is 0.00000231. The van der Waals surface area contributed by atoms with Crippen molar-refractivity contribution in [1.29, 1.82) is 0 Å². The van der Waals surface area contributed by atoms with Crippen molar-refractivity contribution >= 4 is 64.6 Å². The molecule has 8 aromatic rings. The van der Waals surface area contributed by atoms with Crippen LogP contribution in [0.3, 0.4) is 0 Å². The molecule has 0 aliphatic heterocycles. The topological polar surface area (TPSA) is 0 Å². The quantitative estimate of drug-likeness (QED) is 0.143. The van der Waals surface area contributed by atoms with Crippen molar-refractivity contribution in [3.05, 3.63) is 133 Å². The maximum Gasteiger partial charge on any atom is 0 e. The molecule has 0 unspecified atom stereocenters. The monoisotopic (exact) mass is 541 g/mol. The van der Waals surface area contributed by atoms with Crippen molar-refractivity contribution in [2.75, 3.05) is 0 Å². The molecule has 0 saturated heterocycles. The molecule has 1 heteroatoms. The first kappa shape index (κ1) is 22.6. The first-order valence-corrected chi connectivity index (χ1v) is 12.3. The van der Waals surface area contributed by atoms with Crippen LogP contribution in [-0.2, 0) is 32.7 Å². The van der Waals surface area contributed by atoms with Gasteiger partial charge in [0.05, 0.1) is 0 Å². The molecule has 0 aliphatic carbocycles. The molecule has 0 atom stereocenters. The Morgan fingerprint density at radius 2 is 0.649 bits per heavy atom. The van der Waals surface area contributed by atoms with Gasteiger partial charge in [0.2, 0.25) is 0 Å².